The van der Waals surface area contributed by atoms with E-state index in [1.807, 2.05) is 110 Å². The Hall–Kier alpha value is -14.2. The molecule has 8 aromatic heterocycles. The summed E-state index contributed by atoms with van der Waals surface area (Å²) in [7, 11) is 11.5. The van der Waals surface area contributed by atoms with Crippen molar-refractivity contribution in [2.45, 2.75) is 51.6 Å². The number of halogens is 3. The summed E-state index contributed by atoms with van der Waals surface area (Å²) in [5, 5.41) is 58.5. The molecule has 0 bridgehead atoms. The lowest BCUT2D eigenvalue weighted by atomic mass is 9.89. The summed E-state index contributed by atoms with van der Waals surface area (Å²) in [6.07, 6.45) is 18.6. The fraction of sp³-hybridized carbons (Fsp3) is 0.269. The third kappa shape index (κ3) is 19.2. The van der Waals surface area contributed by atoms with Crippen molar-refractivity contribution in [1.82, 2.24) is 99.5 Å². The summed E-state index contributed by atoms with van der Waals surface area (Å²) in [6.45, 7) is 15.0. The maximum atomic E-state index is 14.6. The van der Waals surface area contributed by atoms with Crippen molar-refractivity contribution >= 4 is 95.7 Å². The van der Waals surface area contributed by atoms with E-state index in [0.717, 1.165) is 118 Å². The minimum absolute atomic E-state index is 0.216. The van der Waals surface area contributed by atoms with Crippen LogP contribution in [0.4, 0.5) is 41.6 Å². The van der Waals surface area contributed by atoms with E-state index in [2.05, 4.69) is 152 Å². The predicted molar refractivity (Wildman–Crippen MR) is 479 cm³/mol. The number of benzene rings is 8. The number of piperazine rings is 1. The van der Waals surface area contributed by atoms with Gasteiger partial charge >= 0.3 is 0 Å². The molecule has 0 radical (unpaired) electrons. The van der Waals surface area contributed by atoms with E-state index in [0.29, 0.717) is 94.8 Å². The van der Waals surface area contributed by atoms with Gasteiger partial charge in [-0.15, -0.1) is 0 Å². The molecule has 20 rings (SSSR count). The zero-order valence-corrected chi connectivity index (χ0v) is 70.4. The average Bonchev–Trinajstić information content (AvgIpc) is 1.64. The molecule has 0 unspecified atom stereocenters. The van der Waals surface area contributed by atoms with Crippen LogP contribution in [-0.4, -0.2) is 203 Å². The number of carbonyl (C=O) groups excluding carboxylic acids is 4. The molecule has 16 aromatic rings. The lowest BCUT2D eigenvalue weighted by Gasteiger charge is -2.37. The molecular formula is C93H96F3N25O4. The van der Waals surface area contributed by atoms with Gasteiger partial charge in [0.25, 0.3) is 23.6 Å². The van der Waals surface area contributed by atoms with Gasteiger partial charge in [-0.3, -0.25) is 68.1 Å². The van der Waals surface area contributed by atoms with E-state index < -0.39 is 17.5 Å². The Morgan fingerprint density at radius 1 is 0.376 bits per heavy atom. The molecule has 32 heteroatoms. The molecule has 29 nitrogen and oxygen atoms in total. The van der Waals surface area contributed by atoms with E-state index in [-0.39, 0.29) is 40.7 Å². The zero-order valence-electron chi connectivity index (χ0n) is 70.4. The molecule has 0 atom stereocenters. The third-order valence-electron chi connectivity index (χ3n) is 23.4. The van der Waals surface area contributed by atoms with Gasteiger partial charge in [-0.2, -0.15) is 40.8 Å². The van der Waals surface area contributed by atoms with Crippen LogP contribution < -0.4 is 26.2 Å². The summed E-state index contributed by atoms with van der Waals surface area (Å²) in [5.74, 6) is -1.13. The minimum Gasteiger partial charge on any atom is -0.369 e. The summed E-state index contributed by atoms with van der Waals surface area (Å²) in [5.41, 5.74) is 16.1. The van der Waals surface area contributed by atoms with Crippen molar-refractivity contribution in [3.8, 4) is 44.5 Å². The van der Waals surface area contributed by atoms with Crippen LogP contribution in [0.5, 0.6) is 0 Å². The number of aromatic amines is 4. The van der Waals surface area contributed by atoms with Crippen molar-refractivity contribution in [2.24, 2.45) is 34.1 Å². The van der Waals surface area contributed by atoms with E-state index in [9.17, 15) is 32.3 Å². The molecule has 0 spiro atoms. The number of amides is 4. The van der Waals surface area contributed by atoms with Crippen LogP contribution >= 0.6 is 0 Å². The van der Waals surface area contributed by atoms with Crippen molar-refractivity contribution < 1.29 is 32.3 Å². The largest absolute Gasteiger partial charge is 0.369 e. The number of fused-ring (bicyclic) bond motifs is 4. The first-order valence-corrected chi connectivity index (χ1v) is 41.7. The highest BCUT2D eigenvalue weighted by molar-refractivity contribution is 6.14. The molecule has 8 aromatic carbocycles. The van der Waals surface area contributed by atoms with Gasteiger partial charge in [0, 0.05) is 212 Å². The Kier molecular flexibility index (Phi) is 24.2. The number of piperidine rings is 1. The molecule has 4 aliphatic rings. The molecule has 12 heterocycles. The molecule has 4 aliphatic heterocycles. The number of carbonyl (C=O) groups is 4. The highest BCUT2D eigenvalue weighted by Gasteiger charge is 2.27. The number of H-pyrrole nitrogens is 4. The molecule has 4 fully saturated rings. The first-order valence-electron chi connectivity index (χ1n) is 41.7. The average molecular weight is 1680 g/mol. The number of nitrogens with one attached hydrogen (secondary N) is 8. The smallest absolute Gasteiger partial charge is 0.276 e. The van der Waals surface area contributed by atoms with Crippen LogP contribution in [0.15, 0.2) is 201 Å². The number of rotatable bonds is 18. The second kappa shape index (κ2) is 36.5. The summed E-state index contributed by atoms with van der Waals surface area (Å²) < 4.78 is 50.3. The first-order chi connectivity index (χ1) is 60.6. The molecule has 8 N–H and O–H groups in total. The fourth-order valence-corrected chi connectivity index (χ4v) is 16.5. The predicted octanol–water partition coefficient (Wildman–Crippen LogP) is 14.9. The quantitative estimate of drug-likeness (QED) is 0.0396. The second-order valence-electron chi connectivity index (χ2n) is 32.8. The Morgan fingerprint density at radius 3 is 1.11 bits per heavy atom. The Labute approximate surface area is 718 Å². The van der Waals surface area contributed by atoms with Crippen LogP contribution in [0.3, 0.4) is 0 Å². The van der Waals surface area contributed by atoms with Gasteiger partial charge in [-0.1, -0.05) is 49.4 Å². The summed E-state index contributed by atoms with van der Waals surface area (Å²) >= 11 is 0. The number of nitrogens with zero attached hydrogens (tertiary/aromatic N) is 17. The Balaban J connectivity index is 0.000000118. The number of aryl methyl sites for hydroxylation is 4. The number of likely N-dealkylation sites (N-methyl/N-ethyl adjacent to an activating group) is 1. The monoisotopic (exact) mass is 1680 g/mol. The number of hydrogen-bond acceptors (Lipinski definition) is 17. The normalized spacial score (nSPS) is 14.8. The number of anilines is 5. The fourth-order valence-electron chi connectivity index (χ4n) is 16.5. The highest BCUT2D eigenvalue weighted by Crippen LogP contribution is 2.36. The molecule has 0 aliphatic carbocycles. The lowest BCUT2D eigenvalue weighted by Crippen LogP contribution is -2.44. The Morgan fingerprint density at radius 2 is 0.728 bits per heavy atom. The maximum Gasteiger partial charge on any atom is 0.276 e. The highest BCUT2D eigenvalue weighted by atomic mass is 19.1. The summed E-state index contributed by atoms with van der Waals surface area (Å²) in [4.78, 5) is 63.5. The van der Waals surface area contributed by atoms with Crippen molar-refractivity contribution in [2.75, 3.05) is 106 Å². The van der Waals surface area contributed by atoms with E-state index in [1.165, 1.54) is 60.8 Å². The summed E-state index contributed by atoms with van der Waals surface area (Å²) in [6, 6.07) is 46.7. The van der Waals surface area contributed by atoms with Gasteiger partial charge in [0.1, 0.15) is 17.5 Å². The van der Waals surface area contributed by atoms with E-state index in [1.54, 1.807) is 95.3 Å². The SMILES string of the molecule is CC1CN(Cc2ccc(NC(=O)c3n[nH]c4cc(F)c(-c5cnn(C)c5)cc34)cc2)C1.CN1CCC(c2ccc(NC(=O)c3n[nH]c4cc(F)c(-c5cnn(C)c5)cc34)cc2)CC1.CN1CCN(c2ccc(NC(=O)c3n[nH]c4cc(F)c(-c5cnn(C)c5)cc34)cc2)CC1.Cn1cc(-c2ccc3[nH]nc(C(=O)Nc4ccc(CN5CCCC5)cc4)c3c2)cn1. The molecule has 4 amide bonds. The van der Waals surface area contributed by atoms with Crippen LogP contribution in [-0.2, 0) is 41.3 Å². The van der Waals surface area contributed by atoms with Gasteiger partial charge in [0.2, 0.25) is 0 Å². The second-order valence-corrected chi connectivity index (χ2v) is 32.8. The van der Waals surface area contributed by atoms with Crippen molar-refractivity contribution in [1.29, 1.82) is 0 Å². The van der Waals surface area contributed by atoms with Gasteiger partial charge < -0.3 is 36.0 Å². The van der Waals surface area contributed by atoms with Crippen LogP contribution in [0.25, 0.3) is 88.1 Å². The number of aromatic nitrogens is 16. The van der Waals surface area contributed by atoms with Gasteiger partial charge in [-0.25, -0.2) is 13.2 Å². The standard InChI is InChI=1S/C24H25FN6O.C23H24FN7O.C23H23FN6O.C23H24N6O/c1-30-9-7-16(8-10-30)15-3-5-18(6-4-15)27-24(32)23-20-11-19(17-13-26-31(2)14-17)21(25)12-22(20)28-29-23;1-29-7-9-31(10-8-29)17-5-3-16(4-6-17)26-23(32)22-19-11-18(15-13-25-30(2)14-15)20(24)12-21(19)27-28-22;1-14-10-30(11-14)12-15-3-5-17(6-4-15)26-23(31)22-19-7-18(16-9-25-29(2)13-16)20(24)8-21(19)27-28-22;1-28-15-18(13-24-28)17-6-9-21-20(12-17)22(27-26-21)23(30)25-19-7-4-16(5-8-19)14-29-10-2-3-11-29/h3-6,11-14,16H,7-10H2,1-2H3,(H,27,32)(H,28,29);3-6,11-14H,7-10H2,1-2H3,(H,26,32)(H,27,28);3-9,13-14H,10-12H2,1-2H3,(H,26,31)(H,27,28);4-9,12-13,15H,2-3,10-11,14H2,1H3,(H,25,30)(H,26,27). The molecule has 638 valence electrons. The minimum atomic E-state index is -0.402. The first kappa shape index (κ1) is 83.1. The van der Waals surface area contributed by atoms with Crippen molar-refractivity contribution in [3.63, 3.8) is 0 Å². The molecule has 125 heavy (non-hydrogen) atoms. The van der Waals surface area contributed by atoms with Gasteiger partial charge in [-0.05, 0) is 191 Å². The Bertz CT molecular complexity index is 6350. The third-order valence-corrected chi connectivity index (χ3v) is 23.4. The molecular weight excluding hydrogens is 1590 g/mol. The number of likely N-dealkylation sites (tertiary alicyclic amines) is 3. The van der Waals surface area contributed by atoms with Gasteiger partial charge in [0.15, 0.2) is 22.8 Å². The number of hydrogen-bond donors (Lipinski definition) is 8. The topological polar surface area (TPSA) is 319 Å². The lowest BCUT2D eigenvalue weighted by molar-refractivity contribution is 0.101. The van der Waals surface area contributed by atoms with E-state index >= 15 is 0 Å². The van der Waals surface area contributed by atoms with Gasteiger partial charge in [0.05, 0.1) is 46.9 Å². The molecule has 4 saturated heterocycles. The molecule has 0 saturated carbocycles. The van der Waals surface area contributed by atoms with E-state index in [4.69, 9.17) is 0 Å². The van der Waals surface area contributed by atoms with Crippen LogP contribution in [0.2, 0.25) is 0 Å². The van der Waals surface area contributed by atoms with Crippen LogP contribution in [0.1, 0.15) is 97.2 Å². The van der Waals surface area contributed by atoms with Crippen LogP contribution in [0, 0.1) is 23.4 Å². The van der Waals surface area contributed by atoms with Crippen molar-refractivity contribution in [3.05, 3.63) is 258 Å². The zero-order chi connectivity index (χ0) is 86.5. The maximum absolute atomic E-state index is 14.6.